The number of rotatable bonds is 9. The molecule has 1 rings (SSSR count). The molecule has 1 aromatic rings. The van der Waals surface area contributed by atoms with Crippen LogP contribution in [0.2, 0.25) is 0 Å². The maximum Gasteiger partial charge on any atom is 0.0795 e. The van der Waals surface area contributed by atoms with Gasteiger partial charge >= 0.3 is 0 Å². The number of nitrogens with one attached hydrogen (secondary N) is 1. The van der Waals surface area contributed by atoms with Gasteiger partial charge in [0, 0.05) is 19.7 Å². The highest BCUT2D eigenvalue weighted by Crippen LogP contribution is 2.22. The molecule has 4 heteroatoms. The van der Waals surface area contributed by atoms with E-state index < -0.39 is 5.54 Å². The van der Waals surface area contributed by atoms with Gasteiger partial charge in [0.25, 0.3) is 0 Å². The quantitative estimate of drug-likeness (QED) is 0.719. The molecule has 2 N–H and O–H groups in total. The monoisotopic (exact) mass is 280 g/mol. The molecule has 0 heterocycles. The van der Waals surface area contributed by atoms with Gasteiger partial charge in [0.2, 0.25) is 0 Å². The molecule has 2 atom stereocenters. The molecular weight excluding hydrogens is 252 g/mol. The lowest BCUT2D eigenvalue weighted by Gasteiger charge is -2.39. The van der Waals surface area contributed by atoms with Crippen molar-refractivity contribution in [2.45, 2.75) is 25.4 Å². The summed E-state index contributed by atoms with van der Waals surface area (Å²) in [6.07, 6.45) is 0. The van der Waals surface area contributed by atoms with E-state index in [0.29, 0.717) is 12.6 Å². The fourth-order valence-corrected chi connectivity index (χ4v) is 2.56. The Balaban J connectivity index is 2.96. The van der Waals surface area contributed by atoms with E-state index in [0.717, 1.165) is 18.7 Å². The first kappa shape index (κ1) is 17.1. The fourth-order valence-electron chi connectivity index (χ4n) is 2.56. The first-order valence-corrected chi connectivity index (χ1v) is 7.21. The lowest BCUT2D eigenvalue weighted by molar-refractivity contribution is 0.0589. The van der Waals surface area contributed by atoms with Crippen molar-refractivity contribution >= 4 is 0 Å². The SMILES string of the molecule is CCN(CC(CO)(NC)c1ccccc1)C(C)COC. The molecule has 0 spiro atoms. The zero-order chi connectivity index (χ0) is 15.0. The number of aliphatic hydroxyl groups is 1. The highest BCUT2D eigenvalue weighted by atomic mass is 16.5. The van der Waals surface area contributed by atoms with E-state index in [1.165, 1.54) is 0 Å². The van der Waals surface area contributed by atoms with Crippen molar-refractivity contribution in [1.82, 2.24) is 10.2 Å². The van der Waals surface area contributed by atoms with Gasteiger partial charge in [-0.05, 0) is 26.1 Å². The van der Waals surface area contributed by atoms with Crippen molar-refractivity contribution < 1.29 is 9.84 Å². The number of ether oxygens (including phenoxy) is 1. The van der Waals surface area contributed by atoms with Crippen LogP contribution < -0.4 is 5.32 Å². The molecule has 0 aliphatic carbocycles. The van der Waals surface area contributed by atoms with Gasteiger partial charge in [-0.25, -0.2) is 0 Å². The summed E-state index contributed by atoms with van der Waals surface area (Å²) in [7, 11) is 3.62. The van der Waals surface area contributed by atoms with Crippen molar-refractivity contribution in [2.75, 3.05) is 40.5 Å². The topological polar surface area (TPSA) is 44.7 Å². The lowest BCUT2D eigenvalue weighted by atomic mass is 9.89. The molecule has 0 saturated heterocycles. The highest BCUT2D eigenvalue weighted by Gasteiger charge is 2.32. The van der Waals surface area contributed by atoms with Crippen LogP contribution >= 0.6 is 0 Å². The summed E-state index contributed by atoms with van der Waals surface area (Å²) in [5.74, 6) is 0. The summed E-state index contributed by atoms with van der Waals surface area (Å²) in [6, 6.07) is 10.4. The number of aliphatic hydroxyl groups excluding tert-OH is 1. The van der Waals surface area contributed by atoms with E-state index >= 15 is 0 Å². The number of nitrogens with zero attached hydrogens (tertiary/aromatic N) is 1. The maximum atomic E-state index is 9.97. The summed E-state index contributed by atoms with van der Waals surface area (Å²) >= 11 is 0. The first-order valence-electron chi connectivity index (χ1n) is 7.21. The van der Waals surface area contributed by atoms with Crippen molar-refractivity contribution in [1.29, 1.82) is 0 Å². The Bertz CT molecular complexity index is 366. The standard InChI is InChI=1S/C16H28N2O2/c1-5-18(14(2)11-20-4)12-16(13-19,17-3)15-9-7-6-8-10-15/h6-10,14,17,19H,5,11-13H2,1-4H3. The van der Waals surface area contributed by atoms with Gasteiger partial charge in [-0.3, -0.25) is 4.90 Å². The van der Waals surface area contributed by atoms with Crippen LogP contribution in [0.3, 0.4) is 0 Å². The van der Waals surface area contributed by atoms with Crippen LogP contribution in [0.5, 0.6) is 0 Å². The van der Waals surface area contributed by atoms with Crippen LogP contribution in [0.25, 0.3) is 0 Å². The molecule has 1 aromatic carbocycles. The number of hydrogen-bond donors (Lipinski definition) is 2. The van der Waals surface area contributed by atoms with E-state index in [1.807, 2.05) is 25.2 Å². The average molecular weight is 280 g/mol. The molecular formula is C16H28N2O2. The van der Waals surface area contributed by atoms with Crippen LogP contribution in [0.15, 0.2) is 30.3 Å². The molecule has 4 nitrogen and oxygen atoms in total. The second kappa shape index (κ2) is 8.37. The summed E-state index contributed by atoms with van der Waals surface area (Å²) in [4.78, 5) is 2.32. The molecule has 0 saturated carbocycles. The normalized spacial score (nSPS) is 16.1. The summed E-state index contributed by atoms with van der Waals surface area (Å²) < 4.78 is 5.25. The third kappa shape index (κ3) is 4.03. The molecule has 0 fully saturated rings. The number of likely N-dealkylation sites (N-methyl/N-ethyl adjacent to an activating group) is 2. The number of hydrogen-bond acceptors (Lipinski definition) is 4. The summed E-state index contributed by atoms with van der Waals surface area (Å²) in [5.41, 5.74) is 0.660. The van der Waals surface area contributed by atoms with Crippen LogP contribution in [0.1, 0.15) is 19.4 Å². The highest BCUT2D eigenvalue weighted by molar-refractivity contribution is 5.25. The van der Waals surface area contributed by atoms with E-state index in [1.54, 1.807) is 7.11 Å². The van der Waals surface area contributed by atoms with E-state index in [9.17, 15) is 5.11 Å². The predicted octanol–water partition coefficient (Wildman–Crippen LogP) is 1.45. The minimum Gasteiger partial charge on any atom is -0.394 e. The van der Waals surface area contributed by atoms with Gasteiger partial charge in [0.15, 0.2) is 0 Å². The second-order valence-electron chi connectivity index (χ2n) is 5.22. The lowest BCUT2D eigenvalue weighted by Crippen LogP contribution is -2.54. The van der Waals surface area contributed by atoms with Crippen LogP contribution in [0, 0.1) is 0 Å². The summed E-state index contributed by atoms with van der Waals surface area (Å²) in [6.45, 7) is 6.69. The van der Waals surface area contributed by atoms with Gasteiger partial charge in [-0.2, -0.15) is 0 Å². The average Bonchev–Trinajstić information content (AvgIpc) is 2.50. The molecule has 0 radical (unpaired) electrons. The van der Waals surface area contributed by atoms with Crippen molar-refractivity contribution in [3.8, 4) is 0 Å². The molecule has 0 bridgehead atoms. The molecule has 0 aromatic heterocycles. The van der Waals surface area contributed by atoms with Gasteiger partial charge in [0.05, 0.1) is 18.8 Å². The van der Waals surface area contributed by atoms with Crippen LogP contribution in [-0.4, -0.2) is 56.5 Å². The van der Waals surface area contributed by atoms with Crippen LogP contribution in [-0.2, 0) is 10.3 Å². The third-order valence-corrected chi connectivity index (χ3v) is 3.99. The smallest absolute Gasteiger partial charge is 0.0795 e. The fraction of sp³-hybridized carbons (Fsp3) is 0.625. The van der Waals surface area contributed by atoms with Gasteiger partial charge in [0.1, 0.15) is 0 Å². The zero-order valence-electron chi connectivity index (χ0n) is 13.1. The Morgan fingerprint density at radius 1 is 1.35 bits per heavy atom. The number of methoxy groups -OCH3 is 1. The van der Waals surface area contributed by atoms with E-state index in [4.69, 9.17) is 4.74 Å². The molecule has 0 aliphatic rings. The van der Waals surface area contributed by atoms with Gasteiger partial charge in [-0.1, -0.05) is 37.3 Å². The minimum atomic E-state index is -0.445. The van der Waals surface area contributed by atoms with Gasteiger partial charge in [-0.15, -0.1) is 0 Å². The largest absolute Gasteiger partial charge is 0.394 e. The Morgan fingerprint density at radius 2 is 2.00 bits per heavy atom. The Kier molecular flexibility index (Phi) is 7.16. The minimum absolute atomic E-state index is 0.0592. The summed E-state index contributed by atoms with van der Waals surface area (Å²) in [5, 5.41) is 13.3. The third-order valence-electron chi connectivity index (χ3n) is 3.99. The number of benzene rings is 1. The molecule has 0 amide bonds. The van der Waals surface area contributed by atoms with Gasteiger partial charge < -0.3 is 15.2 Å². The Labute approximate surface area is 122 Å². The second-order valence-corrected chi connectivity index (χ2v) is 5.22. The molecule has 114 valence electrons. The van der Waals surface area contributed by atoms with Crippen molar-refractivity contribution in [2.24, 2.45) is 0 Å². The van der Waals surface area contributed by atoms with Crippen LogP contribution in [0.4, 0.5) is 0 Å². The Morgan fingerprint density at radius 3 is 2.45 bits per heavy atom. The molecule has 2 unspecified atom stereocenters. The Hall–Kier alpha value is -0.940. The van der Waals surface area contributed by atoms with E-state index in [-0.39, 0.29) is 6.61 Å². The first-order chi connectivity index (χ1) is 9.63. The predicted molar refractivity (Wildman–Crippen MR) is 82.9 cm³/mol. The van der Waals surface area contributed by atoms with E-state index in [2.05, 4.69) is 36.2 Å². The molecule has 0 aliphatic heterocycles. The maximum absolute atomic E-state index is 9.97. The van der Waals surface area contributed by atoms with Crippen molar-refractivity contribution in [3.63, 3.8) is 0 Å². The van der Waals surface area contributed by atoms with Crippen molar-refractivity contribution in [3.05, 3.63) is 35.9 Å². The molecule has 20 heavy (non-hydrogen) atoms. The zero-order valence-corrected chi connectivity index (χ0v) is 13.1.